The molecule has 0 aliphatic heterocycles. The van der Waals surface area contributed by atoms with Gasteiger partial charge in [-0.1, -0.05) is 15.9 Å². The second-order valence-corrected chi connectivity index (χ2v) is 7.57. The molecular weight excluding hydrogens is 500 g/mol. The molecule has 2 aromatic carbocycles. The largest absolute Gasteiger partial charge is 0.416 e. The third kappa shape index (κ3) is 5.63. The van der Waals surface area contributed by atoms with E-state index in [0.717, 1.165) is 16.4 Å². The van der Waals surface area contributed by atoms with Gasteiger partial charge in [0.2, 0.25) is 0 Å². The van der Waals surface area contributed by atoms with Crippen molar-refractivity contribution in [3.63, 3.8) is 0 Å². The first-order valence-electron chi connectivity index (χ1n) is 6.60. The van der Waals surface area contributed by atoms with Crippen molar-refractivity contribution in [2.24, 2.45) is 0 Å². The van der Waals surface area contributed by atoms with Gasteiger partial charge in [-0.15, -0.1) is 0 Å². The molecule has 0 radical (unpaired) electrons. The van der Waals surface area contributed by atoms with Gasteiger partial charge in [-0.05, 0) is 69.8 Å². The Balaban J connectivity index is 2.23. The monoisotopic (exact) mass is 507 g/mol. The van der Waals surface area contributed by atoms with Gasteiger partial charge < -0.3 is 0 Å². The minimum Gasteiger partial charge on any atom is -0.255 e. The fourth-order valence-electron chi connectivity index (χ4n) is 1.94. The lowest BCUT2D eigenvalue weighted by Gasteiger charge is -2.16. The van der Waals surface area contributed by atoms with Crippen molar-refractivity contribution in [1.82, 2.24) is 4.72 Å². The Bertz CT molecular complexity index is 761. The van der Waals surface area contributed by atoms with Gasteiger partial charge in [0.05, 0.1) is 11.1 Å². The molecule has 0 amide bonds. The molecule has 2 aromatic rings. The standard InChI is InChI=1S/C15H9Br2F6NS/c16-10-2-4-12(17)13(6-10)25-24-7-8-5-9(14(18,19)20)1-3-11(8)15(21,22)23/h1-6,24H,7H2. The quantitative estimate of drug-likeness (QED) is 0.351. The van der Waals surface area contributed by atoms with Crippen molar-refractivity contribution in [2.45, 2.75) is 23.8 Å². The highest BCUT2D eigenvalue weighted by Gasteiger charge is 2.36. The molecule has 0 aromatic heterocycles. The van der Waals surface area contributed by atoms with E-state index in [-0.39, 0.29) is 6.54 Å². The van der Waals surface area contributed by atoms with Crippen molar-refractivity contribution in [2.75, 3.05) is 0 Å². The lowest BCUT2D eigenvalue weighted by atomic mass is 10.0. The van der Waals surface area contributed by atoms with Gasteiger partial charge in [-0.3, -0.25) is 4.72 Å². The van der Waals surface area contributed by atoms with Crippen LogP contribution in [0, 0.1) is 0 Å². The predicted octanol–water partition coefficient (Wildman–Crippen LogP) is 7.05. The topological polar surface area (TPSA) is 12.0 Å². The van der Waals surface area contributed by atoms with Crippen LogP contribution < -0.4 is 4.72 Å². The number of rotatable bonds is 4. The van der Waals surface area contributed by atoms with Crippen molar-refractivity contribution < 1.29 is 26.3 Å². The number of halogens is 8. The molecule has 0 atom stereocenters. The summed E-state index contributed by atoms with van der Waals surface area (Å²) in [5, 5.41) is 0. The summed E-state index contributed by atoms with van der Waals surface area (Å²) in [4.78, 5) is 0.676. The number of nitrogens with one attached hydrogen (secondary N) is 1. The van der Waals surface area contributed by atoms with E-state index >= 15 is 0 Å². The second kappa shape index (κ2) is 7.89. The number of benzene rings is 2. The molecule has 0 aliphatic rings. The Morgan fingerprint density at radius 2 is 1.56 bits per heavy atom. The summed E-state index contributed by atoms with van der Waals surface area (Å²) in [6.07, 6.45) is -9.44. The van der Waals surface area contributed by atoms with Gasteiger partial charge in [0, 0.05) is 20.4 Å². The fourth-order valence-corrected chi connectivity index (χ4v) is 3.68. The molecule has 0 fully saturated rings. The summed E-state index contributed by atoms with van der Waals surface area (Å²) in [6.45, 7) is -0.387. The third-order valence-corrected chi connectivity index (χ3v) is 5.37. The summed E-state index contributed by atoms with van der Waals surface area (Å²) in [6, 6.07) is 6.64. The van der Waals surface area contributed by atoms with Gasteiger partial charge >= 0.3 is 12.4 Å². The van der Waals surface area contributed by atoms with Crippen LogP contribution >= 0.6 is 43.8 Å². The van der Waals surface area contributed by atoms with E-state index in [1.807, 2.05) is 0 Å². The molecule has 1 nitrogen and oxygen atoms in total. The minimum atomic E-state index is -4.73. The summed E-state index contributed by atoms with van der Waals surface area (Å²) in [5.41, 5.74) is -2.69. The molecule has 2 rings (SSSR count). The molecule has 1 N–H and O–H groups in total. The molecule has 0 saturated heterocycles. The van der Waals surface area contributed by atoms with Crippen molar-refractivity contribution in [3.05, 3.63) is 62.0 Å². The molecule has 0 bridgehead atoms. The smallest absolute Gasteiger partial charge is 0.255 e. The maximum Gasteiger partial charge on any atom is 0.416 e. The van der Waals surface area contributed by atoms with Gasteiger partial charge in [-0.25, -0.2) is 0 Å². The Kier molecular flexibility index (Phi) is 6.50. The molecule has 0 spiro atoms. The first-order chi connectivity index (χ1) is 11.5. The summed E-state index contributed by atoms with van der Waals surface area (Å²) >= 11 is 7.57. The van der Waals surface area contributed by atoms with E-state index < -0.39 is 29.0 Å². The molecule has 10 heteroatoms. The van der Waals surface area contributed by atoms with Crippen LogP contribution in [0.4, 0.5) is 26.3 Å². The molecule has 0 aliphatic carbocycles. The van der Waals surface area contributed by atoms with Crippen molar-refractivity contribution in [1.29, 1.82) is 0 Å². The van der Waals surface area contributed by atoms with E-state index in [4.69, 9.17) is 0 Å². The van der Waals surface area contributed by atoms with E-state index in [2.05, 4.69) is 36.6 Å². The molecule has 136 valence electrons. The number of alkyl halides is 6. The lowest BCUT2D eigenvalue weighted by Crippen LogP contribution is -2.15. The van der Waals surface area contributed by atoms with Crippen LogP contribution in [0.25, 0.3) is 0 Å². The van der Waals surface area contributed by atoms with Crippen LogP contribution in [-0.4, -0.2) is 0 Å². The first-order valence-corrected chi connectivity index (χ1v) is 9.01. The van der Waals surface area contributed by atoms with E-state index in [0.29, 0.717) is 27.6 Å². The summed E-state index contributed by atoms with van der Waals surface area (Å²) in [5.74, 6) is 0. The van der Waals surface area contributed by atoms with Crippen LogP contribution in [0.1, 0.15) is 16.7 Å². The zero-order valence-electron chi connectivity index (χ0n) is 12.1. The average Bonchev–Trinajstić information content (AvgIpc) is 2.48. The Labute approximate surface area is 160 Å². The zero-order valence-corrected chi connectivity index (χ0v) is 16.1. The normalized spacial score (nSPS) is 12.5. The van der Waals surface area contributed by atoms with Crippen LogP contribution in [0.15, 0.2) is 50.2 Å². The molecular formula is C15H9Br2F6NS. The Morgan fingerprint density at radius 1 is 0.880 bits per heavy atom. The Hall–Kier alpha value is -0.710. The van der Waals surface area contributed by atoms with Crippen LogP contribution in [0.3, 0.4) is 0 Å². The molecule has 0 saturated carbocycles. The summed E-state index contributed by atoms with van der Waals surface area (Å²) < 4.78 is 81.5. The highest BCUT2D eigenvalue weighted by molar-refractivity contribution is 9.11. The molecule has 0 heterocycles. The predicted molar refractivity (Wildman–Crippen MR) is 91.0 cm³/mol. The van der Waals surface area contributed by atoms with E-state index in [1.54, 1.807) is 18.2 Å². The molecule has 25 heavy (non-hydrogen) atoms. The van der Waals surface area contributed by atoms with Gasteiger partial charge in [-0.2, -0.15) is 26.3 Å². The Morgan fingerprint density at radius 3 is 2.16 bits per heavy atom. The maximum atomic E-state index is 13.0. The fraction of sp³-hybridized carbons (Fsp3) is 0.200. The van der Waals surface area contributed by atoms with Crippen LogP contribution in [0.2, 0.25) is 0 Å². The minimum absolute atomic E-state index is 0.387. The number of hydrogen-bond acceptors (Lipinski definition) is 2. The van der Waals surface area contributed by atoms with Gasteiger partial charge in [0.1, 0.15) is 0 Å². The number of hydrogen-bond donors (Lipinski definition) is 1. The maximum absolute atomic E-state index is 13.0. The zero-order chi connectivity index (χ0) is 18.8. The lowest BCUT2D eigenvalue weighted by molar-refractivity contribution is -0.141. The second-order valence-electron chi connectivity index (χ2n) is 4.87. The van der Waals surface area contributed by atoms with E-state index in [1.165, 1.54) is 0 Å². The van der Waals surface area contributed by atoms with Gasteiger partial charge in [0.25, 0.3) is 0 Å². The SMILES string of the molecule is FC(F)(F)c1ccc(C(F)(F)F)c(CNSc2cc(Br)ccc2Br)c1. The first kappa shape index (κ1) is 20.6. The van der Waals surface area contributed by atoms with Crippen LogP contribution in [-0.2, 0) is 18.9 Å². The van der Waals surface area contributed by atoms with Crippen molar-refractivity contribution >= 4 is 43.8 Å². The van der Waals surface area contributed by atoms with E-state index in [9.17, 15) is 26.3 Å². The van der Waals surface area contributed by atoms with Crippen LogP contribution in [0.5, 0.6) is 0 Å². The van der Waals surface area contributed by atoms with Crippen molar-refractivity contribution in [3.8, 4) is 0 Å². The highest BCUT2D eigenvalue weighted by atomic mass is 79.9. The highest BCUT2D eigenvalue weighted by Crippen LogP contribution is 2.37. The average molecular weight is 509 g/mol. The summed E-state index contributed by atoms with van der Waals surface area (Å²) in [7, 11) is 0. The third-order valence-electron chi connectivity index (χ3n) is 3.08. The van der Waals surface area contributed by atoms with Gasteiger partial charge in [0.15, 0.2) is 0 Å². The molecule has 0 unspecified atom stereocenters.